The number of hydrogen-bond donors (Lipinski definition) is 2. The van der Waals surface area contributed by atoms with Crippen LogP contribution in [-0.4, -0.2) is 39.2 Å². The van der Waals surface area contributed by atoms with E-state index in [9.17, 15) is 14.3 Å². The van der Waals surface area contributed by atoms with Crippen molar-refractivity contribution in [2.45, 2.75) is 24.9 Å². The number of carbonyl (C=O) groups excluding carboxylic acids is 1. The molecule has 144 valence electrons. The number of nitrogens with one attached hydrogen (secondary N) is 1. The minimum atomic E-state index is -0.785. The van der Waals surface area contributed by atoms with E-state index in [0.717, 1.165) is 24.1 Å². The standard InChI is InChI=1S/C22H22FN3O2/c23-18-10-8-16(9-11-18)22(28)26-12-4-7-17(14-26)19-13-20(25-24-19)21(27)15-5-2-1-3-6-15/h1-3,5-6,8-11,13,17,21,27H,4,7,12,14H2,(H,24,25)/t17-,21+/m0/s1. The SMILES string of the molecule is O=C(c1ccc(F)cc1)N1CCC[C@H](c2cc([C@H](O)c3ccccc3)n[nH]2)C1. The third kappa shape index (κ3) is 3.82. The predicted octanol–water partition coefficient (Wildman–Crippen LogP) is 3.65. The number of amides is 1. The Labute approximate surface area is 162 Å². The first-order valence-electron chi connectivity index (χ1n) is 9.45. The van der Waals surface area contributed by atoms with E-state index in [0.29, 0.717) is 24.3 Å². The number of nitrogens with zero attached hydrogens (tertiary/aromatic N) is 2. The van der Waals surface area contributed by atoms with E-state index < -0.39 is 6.10 Å². The summed E-state index contributed by atoms with van der Waals surface area (Å²) in [7, 11) is 0. The second kappa shape index (κ2) is 7.94. The van der Waals surface area contributed by atoms with E-state index in [1.54, 1.807) is 4.90 Å². The molecule has 1 fully saturated rings. The molecule has 2 atom stereocenters. The van der Waals surface area contributed by atoms with Crippen LogP contribution in [0.5, 0.6) is 0 Å². The monoisotopic (exact) mass is 379 g/mol. The van der Waals surface area contributed by atoms with Gasteiger partial charge in [0.15, 0.2) is 0 Å². The predicted molar refractivity (Wildman–Crippen MR) is 103 cm³/mol. The number of aliphatic hydroxyl groups excluding tert-OH is 1. The van der Waals surface area contributed by atoms with Crippen molar-refractivity contribution >= 4 is 5.91 Å². The van der Waals surface area contributed by atoms with E-state index in [1.165, 1.54) is 24.3 Å². The molecule has 0 aliphatic carbocycles. The molecule has 1 aromatic heterocycles. The first-order valence-corrected chi connectivity index (χ1v) is 9.45. The lowest BCUT2D eigenvalue weighted by Gasteiger charge is -2.32. The number of aromatic nitrogens is 2. The zero-order chi connectivity index (χ0) is 19.5. The van der Waals surface area contributed by atoms with Gasteiger partial charge in [-0.3, -0.25) is 9.89 Å². The quantitative estimate of drug-likeness (QED) is 0.727. The molecule has 0 saturated carbocycles. The van der Waals surface area contributed by atoms with Gasteiger partial charge in [0, 0.05) is 30.3 Å². The van der Waals surface area contributed by atoms with Crippen molar-refractivity contribution in [3.8, 4) is 0 Å². The van der Waals surface area contributed by atoms with Gasteiger partial charge in [-0.2, -0.15) is 5.10 Å². The van der Waals surface area contributed by atoms with Crippen LogP contribution in [0, 0.1) is 5.82 Å². The molecule has 28 heavy (non-hydrogen) atoms. The summed E-state index contributed by atoms with van der Waals surface area (Å²) in [6.07, 6.45) is 1.04. The van der Waals surface area contributed by atoms with Crippen LogP contribution < -0.4 is 0 Å². The molecule has 0 radical (unpaired) electrons. The summed E-state index contributed by atoms with van der Waals surface area (Å²) in [5.74, 6) is -0.314. The lowest BCUT2D eigenvalue weighted by atomic mass is 9.93. The summed E-state index contributed by atoms with van der Waals surface area (Å²) in [5, 5.41) is 17.9. The number of aliphatic hydroxyl groups is 1. The summed E-state index contributed by atoms with van der Waals surface area (Å²) in [6, 6.07) is 16.9. The molecular weight excluding hydrogens is 357 g/mol. The van der Waals surface area contributed by atoms with Gasteiger partial charge >= 0.3 is 0 Å². The van der Waals surface area contributed by atoms with Crippen molar-refractivity contribution in [3.05, 3.63) is 89.0 Å². The molecular formula is C22H22FN3O2. The Morgan fingerprint density at radius 1 is 1.18 bits per heavy atom. The fourth-order valence-corrected chi connectivity index (χ4v) is 3.70. The van der Waals surface area contributed by atoms with Crippen LogP contribution in [0.4, 0.5) is 4.39 Å². The molecule has 6 heteroatoms. The minimum absolute atomic E-state index is 0.0891. The highest BCUT2D eigenvalue weighted by Gasteiger charge is 2.27. The van der Waals surface area contributed by atoms with Crippen molar-refractivity contribution in [1.82, 2.24) is 15.1 Å². The lowest BCUT2D eigenvalue weighted by Crippen LogP contribution is -2.39. The largest absolute Gasteiger partial charge is 0.382 e. The molecule has 2 N–H and O–H groups in total. The Kier molecular flexibility index (Phi) is 5.21. The van der Waals surface area contributed by atoms with Crippen LogP contribution in [0.2, 0.25) is 0 Å². The number of piperidine rings is 1. The number of carbonyl (C=O) groups is 1. The Balaban J connectivity index is 1.47. The Morgan fingerprint density at radius 2 is 1.93 bits per heavy atom. The molecule has 1 aliphatic rings. The second-order valence-electron chi connectivity index (χ2n) is 7.16. The Hall–Kier alpha value is -2.99. The third-order valence-electron chi connectivity index (χ3n) is 5.25. The van der Waals surface area contributed by atoms with E-state index >= 15 is 0 Å². The zero-order valence-electron chi connectivity index (χ0n) is 15.4. The third-order valence-corrected chi connectivity index (χ3v) is 5.25. The zero-order valence-corrected chi connectivity index (χ0v) is 15.4. The maximum absolute atomic E-state index is 13.1. The topological polar surface area (TPSA) is 69.2 Å². The highest BCUT2D eigenvalue weighted by atomic mass is 19.1. The van der Waals surface area contributed by atoms with Crippen LogP contribution in [-0.2, 0) is 0 Å². The van der Waals surface area contributed by atoms with E-state index in [1.807, 2.05) is 36.4 Å². The molecule has 1 saturated heterocycles. The molecule has 1 aliphatic heterocycles. The minimum Gasteiger partial charge on any atom is -0.382 e. The van der Waals surface area contributed by atoms with Crippen molar-refractivity contribution in [2.24, 2.45) is 0 Å². The van der Waals surface area contributed by atoms with Crippen LogP contribution >= 0.6 is 0 Å². The molecule has 4 rings (SSSR count). The number of halogens is 1. The van der Waals surface area contributed by atoms with Crippen LogP contribution in [0.15, 0.2) is 60.7 Å². The highest BCUT2D eigenvalue weighted by molar-refractivity contribution is 5.94. The molecule has 3 aromatic rings. The summed E-state index contributed by atoms with van der Waals surface area (Å²) in [5.41, 5.74) is 2.77. The second-order valence-corrected chi connectivity index (χ2v) is 7.16. The highest BCUT2D eigenvalue weighted by Crippen LogP contribution is 2.29. The van der Waals surface area contributed by atoms with Crippen molar-refractivity contribution in [2.75, 3.05) is 13.1 Å². The van der Waals surface area contributed by atoms with Gasteiger partial charge in [0.05, 0.1) is 5.69 Å². The smallest absolute Gasteiger partial charge is 0.253 e. The number of aromatic amines is 1. The van der Waals surface area contributed by atoms with E-state index in [2.05, 4.69) is 10.2 Å². The maximum Gasteiger partial charge on any atom is 0.253 e. The van der Waals surface area contributed by atoms with Gasteiger partial charge in [-0.1, -0.05) is 30.3 Å². The fraction of sp³-hybridized carbons (Fsp3) is 0.273. The van der Waals surface area contributed by atoms with E-state index in [-0.39, 0.29) is 17.6 Å². The first kappa shape index (κ1) is 18.4. The Bertz CT molecular complexity index is 940. The van der Waals surface area contributed by atoms with Crippen molar-refractivity contribution < 1.29 is 14.3 Å². The van der Waals surface area contributed by atoms with Gasteiger partial charge in [-0.25, -0.2) is 4.39 Å². The van der Waals surface area contributed by atoms with Crippen LogP contribution in [0.1, 0.15) is 52.2 Å². The molecule has 0 bridgehead atoms. The normalized spacial score (nSPS) is 18.1. The van der Waals surface area contributed by atoms with Gasteiger partial charge in [-0.15, -0.1) is 0 Å². The average molecular weight is 379 g/mol. The molecule has 2 aromatic carbocycles. The van der Waals surface area contributed by atoms with Gasteiger partial charge in [0.25, 0.3) is 5.91 Å². The first-order chi connectivity index (χ1) is 13.6. The van der Waals surface area contributed by atoms with Gasteiger partial charge in [-0.05, 0) is 48.7 Å². The number of rotatable bonds is 4. The Morgan fingerprint density at radius 3 is 2.68 bits per heavy atom. The average Bonchev–Trinajstić information content (AvgIpc) is 3.24. The van der Waals surface area contributed by atoms with Gasteiger partial charge in [0.2, 0.25) is 0 Å². The number of likely N-dealkylation sites (tertiary alicyclic amines) is 1. The molecule has 0 unspecified atom stereocenters. The summed E-state index contributed by atoms with van der Waals surface area (Å²) in [6.45, 7) is 1.25. The van der Waals surface area contributed by atoms with Crippen LogP contribution in [0.25, 0.3) is 0 Å². The number of H-pyrrole nitrogens is 1. The fourth-order valence-electron chi connectivity index (χ4n) is 3.70. The summed E-state index contributed by atoms with van der Waals surface area (Å²) < 4.78 is 13.1. The lowest BCUT2D eigenvalue weighted by molar-refractivity contribution is 0.0706. The molecule has 5 nitrogen and oxygen atoms in total. The van der Waals surface area contributed by atoms with Crippen LogP contribution in [0.3, 0.4) is 0 Å². The van der Waals surface area contributed by atoms with Gasteiger partial charge < -0.3 is 10.0 Å². The van der Waals surface area contributed by atoms with Gasteiger partial charge in [0.1, 0.15) is 11.9 Å². The maximum atomic E-state index is 13.1. The number of benzene rings is 2. The van der Waals surface area contributed by atoms with E-state index in [4.69, 9.17) is 0 Å². The molecule has 2 heterocycles. The molecule has 1 amide bonds. The number of hydrogen-bond acceptors (Lipinski definition) is 3. The van der Waals surface area contributed by atoms with Crippen molar-refractivity contribution in [3.63, 3.8) is 0 Å². The summed E-state index contributed by atoms with van der Waals surface area (Å²) in [4.78, 5) is 14.5. The van der Waals surface area contributed by atoms with Crippen molar-refractivity contribution in [1.29, 1.82) is 0 Å². The summed E-state index contributed by atoms with van der Waals surface area (Å²) >= 11 is 0. The molecule has 0 spiro atoms.